The molecule has 0 aromatic rings. The Hall–Kier alpha value is -0.240. The summed E-state index contributed by atoms with van der Waals surface area (Å²) < 4.78 is 5.27. The molecule has 76 valence electrons. The Kier molecular flexibility index (Phi) is 4.57. The third-order valence-electron chi connectivity index (χ3n) is 2.36. The number of halogens is 1. The van der Waals surface area contributed by atoms with Crippen LogP contribution >= 0.6 is 11.6 Å². The van der Waals surface area contributed by atoms with Crippen LogP contribution in [0.25, 0.3) is 0 Å². The van der Waals surface area contributed by atoms with Gasteiger partial charge < -0.3 is 4.74 Å². The molecular weight excluding hydrogens is 188 g/mol. The number of esters is 1. The van der Waals surface area contributed by atoms with Gasteiger partial charge in [-0.3, -0.25) is 4.79 Å². The predicted molar refractivity (Wildman–Crippen MR) is 52.9 cm³/mol. The van der Waals surface area contributed by atoms with Gasteiger partial charge in [-0.05, 0) is 25.7 Å². The first kappa shape index (κ1) is 10.8. The van der Waals surface area contributed by atoms with Gasteiger partial charge in [0.05, 0.1) is 5.38 Å². The first-order chi connectivity index (χ1) is 6.24. The minimum Gasteiger partial charge on any atom is -0.461 e. The molecule has 0 N–H and O–H groups in total. The number of alkyl halides is 1. The van der Waals surface area contributed by atoms with E-state index in [0.717, 1.165) is 32.1 Å². The Balaban J connectivity index is 2.29. The molecule has 0 bridgehead atoms. The van der Waals surface area contributed by atoms with Crippen molar-refractivity contribution >= 4 is 17.6 Å². The molecule has 1 fully saturated rings. The average molecular weight is 205 g/mol. The first-order valence-corrected chi connectivity index (χ1v) is 5.51. The van der Waals surface area contributed by atoms with E-state index in [1.54, 1.807) is 0 Å². The second kappa shape index (κ2) is 5.48. The van der Waals surface area contributed by atoms with Gasteiger partial charge in [0.25, 0.3) is 0 Å². The summed E-state index contributed by atoms with van der Waals surface area (Å²) in [5, 5.41) is 0.0366. The van der Waals surface area contributed by atoms with Gasteiger partial charge in [-0.15, -0.1) is 11.6 Å². The lowest BCUT2D eigenvalue weighted by atomic mass is 9.97. The molecule has 0 aromatic carbocycles. The molecule has 2 nitrogen and oxygen atoms in total. The smallest absolute Gasteiger partial charge is 0.306 e. The van der Waals surface area contributed by atoms with Crippen LogP contribution in [0.5, 0.6) is 0 Å². The molecule has 2 atom stereocenters. The summed E-state index contributed by atoms with van der Waals surface area (Å²) in [4.78, 5) is 11.2. The summed E-state index contributed by atoms with van der Waals surface area (Å²) in [6, 6.07) is 0. The van der Waals surface area contributed by atoms with Crippen molar-refractivity contribution in [3.63, 3.8) is 0 Å². The van der Waals surface area contributed by atoms with E-state index in [4.69, 9.17) is 16.3 Å². The van der Waals surface area contributed by atoms with Gasteiger partial charge in [0.1, 0.15) is 6.10 Å². The highest BCUT2D eigenvalue weighted by molar-refractivity contribution is 6.21. The van der Waals surface area contributed by atoms with Gasteiger partial charge in [0, 0.05) is 6.42 Å². The van der Waals surface area contributed by atoms with Crippen LogP contribution in [0.3, 0.4) is 0 Å². The summed E-state index contributed by atoms with van der Waals surface area (Å²) >= 11 is 6.05. The highest BCUT2D eigenvalue weighted by Gasteiger charge is 2.25. The fourth-order valence-electron chi connectivity index (χ4n) is 1.62. The number of hydrogen-bond acceptors (Lipinski definition) is 2. The maximum absolute atomic E-state index is 11.2. The number of carbonyl (C=O) groups excluding carboxylic acids is 1. The van der Waals surface area contributed by atoms with Crippen molar-refractivity contribution in [3.8, 4) is 0 Å². The van der Waals surface area contributed by atoms with Crippen LogP contribution in [-0.2, 0) is 9.53 Å². The van der Waals surface area contributed by atoms with Crippen molar-refractivity contribution in [2.75, 3.05) is 0 Å². The van der Waals surface area contributed by atoms with Gasteiger partial charge in [-0.1, -0.05) is 13.3 Å². The van der Waals surface area contributed by atoms with Crippen LogP contribution in [0, 0.1) is 0 Å². The van der Waals surface area contributed by atoms with Crippen LogP contribution in [0.1, 0.15) is 45.4 Å². The van der Waals surface area contributed by atoms with Gasteiger partial charge in [0.15, 0.2) is 0 Å². The molecule has 0 spiro atoms. The topological polar surface area (TPSA) is 26.3 Å². The molecule has 0 heterocycles. The summed E-state index contributed by atoms with van der Waals surface area (Å²) in [6.07, 6.45) is 5.53. The molecule has 0 aliphatic heterocycles. The Morgan fingerprint density at radius 3 is 2.77 bits per heavy atom. The fourth-order valence-corrected chi connectivity index (χ4v) is 1.95. The predicted octanol–water partition coefficient (Wildman–Crippen LogP) is 2.88. The zero-order chi connectivity index (χ0) is 9.68. The fraction of sp³-hybridized carbons (Fsp3) is 0.900. The van der Waals surface area contributed by atoms with Gasteiger partial charge in [0.2, 0.25) is 0 Å². The van der Waals surface area contributed by atoms with Crippen LogP contribution in [0.2, 0.25) is 0 Å². The van der Waals surface area contributed by atoms with E-state index in [-0.39, 0.29) is 17.5 Å². The number of ether oxygens (including phenoxy) is 1. The molecule has 1 rings (SSSR count). The Labute approximate surface area is 84.6 Å². The van der Waals surface area contributed by atoms with Crippen LogP contribution in [0.4, 0.5) is 0 Å². The highest BCUT2D eigenvalue weighted by atomic mass is 35.5. The Morgan fingerprint density at radius 2 is 2.15 bits per heavy atom. The van der Waals surface area contributed by atoms with E-state index in [2.05, 4.69) is 0 Å². The lowest BCUT2D eigenvalue weighted by Crippen LogP contribution is -2.30. The number of hydrogen-bond donors (Lipinski definition) is 0. The van der Waals surface area contributed by atoms with E-state index < -0.39 is 0 Å². The summed E-state index contributed by atoms with van der Waals surface area (Å²) in [7, 11) is 0. The lowest BCUT2D eigenvalue weighted by molar-refractivity contribution is -0.150. The molecule has 1 saturated carbocycles. The minimum atomic E-state index is -0.0972. The number of rotatable bonds is 3. The normalized spacial score (nSPS) is 28.5. The van der Waals surface area contributed by atoms with E-state index in [1.165, 1.54) is 0 Å². The number of carbonyl (C=O) groups is 1. The van der Waals surface area contributed by atoms with Crippen LogP contribution in [-0.4, -0.2) is 17.5 Å². The second-order valence-electron chi connectivity index (χ2n) is 3.58. The molecule has 3 heteroatoms. The molecule has 1 aliphatic rings. The van der Waals surface area contributed by atoms with Gasteiger partial charge in [-0.25, -0.2) is 0 Å². The Morgan fingerprint density at radius 1 is 1.46 bits per heavy atom. The second-order valence-corrected chi connectivity index (χ2v) is 4.14. The summed E-state index contributed by atoms with van der Waals surface area (Å²) in [6.45, 7) is 1.97. The SMILES string of the molecule is CCCC(=O)O[C@H]1CCCC[C@@H]1Cl. The maximum atomic E-state index is 11.2. The lowest BCUT2D eigenvalue weighted by Gasteiger charge is -2.26. The van der Waals surface area contributed by atoms with Crippen molar-refractivity contribution in [3.05, 3.63) is 0 Å². The van der Waals surface area contributed by atoms with E-state index in [0.29, 0.717) is 6.42 Å². The summed E-state index contributed by atoms with van der Waals surface area (Å²) in [5.41, 5.74) is 0. The molecule has 0 amide bonds. The van der Waals surface area contributed by atoms with Crippen molar-refractivity contribution in [2.45, 2.75) is 56.9 Å². The molecule has 13 heavy (non-hydrogen) atoms. The van der Waals surface area contributed by atoms with Gasteiger partial charge >= 0.3 is 5.97 Å². The Bertz CT molecular complexity index is 170. The molecule has 0 unspecified atom stereocenters. The molecule has 1 aliphatic carbocycles. The van der Waals surface area contributed by atoms with E-state index in [1.807, 2.05) is 6.92 Å². The van der Waals surface area contributed by atoms with Crippen molar-refractivity contribution < 1.29 is 9.53 Å². The average Bonchev–Trinajstić information content (AvgIpc) is 2.09. The van der Waals surface area contributed by atoms with Crippen LogP contribution in [0.15, 0.2) is 0 Å². The summed E-state index contributed by atoms with van der Waals surface area (Å²) in [5.74, 6) is -0.0972. The molecule has 0 saturated heterocycles. The standard InChI is InChI=1S/C10H17ClO2/c1-2-5-10(12)13-9-7-4-3-6-8(9)11/h8-9H,2-7H2,1H3/t8-,9-/m0/s1. The molecule has 0 aromatic heterocycles. The van der Waals surface area contributed by atoms with Crippen LogP contribution < -0.4 is 0 Å². The third-order valence-corrected chi connectivity index (χ3v) is 2.86. The van der Waals surface area contributed by atoms with Crippen molar-refractivity contribution in [1.29, 1.82) is 0 Å². The highest BCUT2D eigenvalue weighted by Crippen LogP contribution is 2.25. The zero-order valence-electron chi connectivity index (χ0n) is 8.09. The van der Waals surface area contributed by atoms with E-state index >= 15 is 0 Å². The third kappa shape index (κ3) is 3.55. The monoisotopic (exact) mass is 204 g/mol. The largest absolute Gasteiger partial charge is 0.461 e. The molecule has 0 radical (unpaired) electrons. The quantitative estimate of drug-likeness (QED) is 0.522. The molecular formula is C10H17ClO2. The zero-order valence-corrected chi connectivity index (χ0v) is 8.85. The first-order valence-electron chi connectivity index (χ1n) is 5.07. The minimum absolute atomic E-state index is 0.0329. The van der Waals surface area contributed by atoms with Crippen molar-refractivity contribution in [2.24, 2.45) is 0 Å². The van der Waals surface area contributed by atoms with Crippen molar-refractivity contribution in [1.82, 2.24) is 0 Å². The maximum Gasteiger partial charge on any atom is 0.306 e. The van der Waals surface area contributed by atoms with E-state index in [9.17, 15) is 4.79 Å². The van der Waals surface area contributed by atoms with Gasteiger partial charge in [-0.2, -0.15) is 0 Å².